The fourth-order valence-electron chi connectivity index (χ4n) is 3.51. The summed E-state index contributed by atoms with van der Waals surface area (Å²) in [5.74, 6) is -0.442. The average Bonchev–Trinajstić information content (AvgIpc) is 3.21. The summed E-state index contributed by atoms with van der Waals surface area (Å²) in [6.45, 7) is 3.97. The normalized spacial score (nSPS) is 17.3. The van der Waals surface area contributed by atoms with Gasteiger partial charge in [-0.25, -0.2) is 14.2 Å². The van der Waals surface area contributed by atoms with Crippen molar-refractivity contribution < 1.29 is 18.7 Å². The minimum absolute atomic E-state index is 0.178. The third-order valence-corrected chi connectivity index (χ3v) is 6.28. The van der Waals surface area contributed by atoms with Gasteiger partial charge in [0.05, 0.1) is 34.0 Å². The number of benzene rings is 2. The molecule has 0 radical (unpaired) electrons. The largest absolute Gasteiger partial charge is 0.486 e. The lowest BCUT2D eigenvalue weighted by molar-refractivity contribution is -0.139. The topological polar surface area (TPSA) is 51.1 Å². The van der Waals surface area contributed by atoms with E-state index in [4.69, 9.17) is 32.7 Å². The molecule has 5 nitrogen and oxygen atoms in total. The number of allylic oxidation sites excluding steroid dienone is 1. The first kappa shape index (κ1) is 22.7. The summed E-state index contributed by atoms with van der Waals surface area (Å²) < 4.78 is 24.2. The molecule has 4 rings (SSSR count). The molecule has 0 saturated carbocycles. The zero-order valence-corrected chi connectivity index (χ0v) is 19.6. The van der Waals surface area contributed by atoms with Crippen molar-refractivity contribution in [3.63, 3.8) is 0 Å². The highest BCUT2D eigenvalue weighted by atomic mass is 35.5. The summed E-state index contributed by atoms with van der Waals surface area (Å²) in [6.07, 6.45) is 1.86. The van der Waals surface area contributed by atoms with E-state index in [9.17, 15) is 9.18 Å². The fourth-order valence-corrected chi connectivity index (χ4v) is 4.91. The number of nitrogens with zero attached hydrogens (tertiary/aromatic N) is 2. The quantitative estimate of drug-likeness (QED) is 0.432. The molecule has 2 aliphatic rings. The van der Waals surface area contributed by atoms with Crippen molar-refractivity contribution in [2.45, 2.75) is 26.5 Å². The number of hydrogen-bond acceptors (Lipinski definition) is 6. The molecule has 0 unspecified atom stereocenters. The maximum absolute atomic E-state index is 13.1. The van der Waals surface area contributed by atoms with Gasteiger partial charge < -0.3 is 14.4 Å². The maximum atomic E-state index is 13.1. The zero-order valence-electron chi connectivity index (χ0n) is 17.3. The SMILES string of the molecule is CCOC(=O)C1=C(C)N=C2SC=CN2[C@@H]1c1cc(Cl)c(OCc2ccc(F)cc2)c(Cl)c1. The van der Waals surface area contributed by atoms with Crippen LogP contribution in [0.15, 0.2) is 64.3 Å². The van der Waals surface area contributed by atoms with E-state index in [1.807, 2.05) is 16.5 Å². The number of carbonyl (C=O) groups is 1. The Morgan fingerprint density at radius 1 is 1.22 bits per heavy atom. The average molecular weight is 493 g/mol. The molecule has 2 aromatic rings. The molecule has 32 heavy (non-hydrogen) atoms. The lowest BCUT2D eigenvalue weighted by Crippen LogP contribution is -2.34. The first-order valence-corrected chi connectivity index (χ1v) is 11.5. The summed E-state index contributed by atoms with van der Waals surface area (Å²) >= 11 is 14.5. The Labute approximate surface area is 199 Å². The lowest BCUT2D eigenvalue weighted by atomic mass is 9.94. The molecular weight excluding hydrogens is 474 g/mol. The Bertz CT molecular complexity index is 1130. The minimum atomic E-state index is -0.492. The van der Waals surface area contributed by atoms with Gasteiger partial charge in [0.2, 0.25) is 0 Å². The Morgan fingerprint density at radius 2 is 1.91 bits per heavy atom. The molecule has 2 heterocycles. The Balaban J connectivity index is 1.67. The van der Waals surface area contributed by atoms with E-state index in [1.165, 1.54) is 23.9 Å². The maximum Gasteiger partial charge on any atom is 0.338 e. The predicted octanol–water partition coefficient (Wildman–Crippen LogP) is 6.48. The van der Waals surface area contributed by atoms with E-state index >= 15 is 0 Å². The molecule has 0 bridgehead atoms. The van der Waals surface area contributed by atoms with Crippen molar-refractivity contribution >= 4 is 46.1 Å². The molecule has 2 aliphatic heterocycles. The number of aliphatic imine (C=N–C) groups is 1. The van der Waals surface area contributed by atoms with Crippen molar-refractivity contribution in [2.24, 2.45) is 4.99 Å². The van der Waals surface area contributed by atoms with Crippen molar-refractivity contribution in [1.82, 2.24) is 4.90 Å². The van der Waals surface area contributed by atoms with E-state index in [1.54, 1.807) is 38.1 Å². The zero-order chi connectivity index (χ0) is 22.8. The van der Waals surface area contributed by atoms with Gasteiger partial charge in [-0.1, -0.05) is 47.1 Å². The molecule has 9 heteroatoms. The van der Waals surface area contributed by atoms with Gasteiger partial charge >= 0.3 is 5.97 Å². The number of halogens is 3. The summed E-state index contributed by atoms with van der Waals surface area (Å²) in [4.78, 5) is 19.2. The van der Waals surface area contributed by atoms with Crippen LogP contribution in [0.25, 0.3) is 0 Å². The van der Waals surface area contributed by atoms with E-state index in [-0.39, 0.29) is 19.0 Å². The molecule has 1 atom stereocenters. The van der Waals surface area contributed by atoms with Crippen LogP contribution in [0, 0.1) is 5.82 Å². The van der Waals surface area contributed by atoms with Crippen LogP contribution in [0.5, 0.6) is 5.75 Å². The number of fused-ring (bicyclic) bond motifs is 1. The smallest absolute Gasteiger partial charge is 0.338 e. The predicted molar refractivity (Wildman–Crippen MR) is 125 cm³/mol. The van der Waals surface area contributed by atoms with Crippen molar-refractivity contribution in [3.8, 4) is 5.75 Å². The molecule has 166 valence electrons. The fraction of sp³-hybridized carbons (Fsp3) is 0.217. The summed E-state index contributed by atoms with van der Waals surface area (Å²) in [5, 5.41) is 3.26. The standard InChI is InChI=1S/C23H19Cl2FN2O3S/c1-3-30-22(29)19-13(2)27-23-28(8-9-32-23)20(19)15-10-17(24)21(18(25)11-15)31-12-14-4-6-16(26)7-5-14/h4-11,20H,3,12H2,1-2H3/t20-/m1/s1. The van der Waals surface area contributed by atoms with E-state index in [0.717, 1.165) is 10.7 Å². The number of esters is 1. The first-order valence-electron chi connectivity index (χ1n) is 9.83. The number of thioether (sulfide) groups is 1. The molecule has 0 aromatic heterocycles. The molecule has 0 spiro atoms. The van der Waals surface area contributed by atoms with Crippen LogP contribution in [0.2, 0.25) is 10.0 Å². The third-order valence-electron chi connectivity index (χ3n) is 4.95. The Hall–Kier alpha value is -2.48. The monoisotopic (exact) mass is 492 g/mol. The number of rotatable bonds is 6. The lowest BCUT2D eigenvalue weighted by Gasteiger charge is -2.33. The number of amidine groups is 1. The number of ether oxygens (including phenoxy) is 2. The minimum Gasteiger partial charge on any atom is -0.486 e. The van der Waals surface area contributed by atoms with Crippen molar-refractivity contribution in [2.75, 3.05) is 6.61 Å². The van der Waals surface area contributed by atoms with Crippen LogP contribution in [-0.2, 0) is 16.1 Å². The van der Waals surface area contributed by atoms with Gasteiger partial charge in [0.25, 0.3) is 0 Å². The van der Waals surface area contributed by atoms with Crippen LogP contribution in [0.4, 0.5) is 4.39 Å². The van der Waals surface area contributed by atoms with Crippen molar-refractivity contribution in [3.05, 3.63) is 86.3 Å². The van der Waals surface area contributed by atoms with Gasteiger partial charge in [-0.15, -0.1) is 0 Å². The highest BCUT2D eigenvalue weighted by Gasteiger charge is 2.38. The van der Waals surface area contributed by atoms with Crippen LogP contribution < -0.4 is 4.74 Å². The second-order valence-corrected chi connectivity index (χ2v) is 8.74. The van der Waals surface area contributed by atoms with Gasteiger partial charge in [0, 0.05) is 6.20 Å². The molecular formula is C23H19Cl2FN2O3S. The number of hydrogen-bond donors (Lipinski definition) is 0. The van der Waals surface area contributed by atoms with Gasteiger partial charge in [-0.3, -0.25) is 0 Å². The Morgan fingerprint density at radius 3 is 2.56 bits per heavy atom. The van der Waals surface area contributed by atoms with Gasteiger partial charge in [-0.2, -0.15) is 0 Å². The molecule has 2 aromatic carbocycles. The third kappa shape index (κ3) is 4.51. The van der Waals surface area contributed by atoms with Crippen molar-refractivity contribution in [1.29, 1.82) is 0 Å². The summed E-state index contributed by atoms with van der Waals surface area (Å²) in [7, 11) is 0. The molecule has 0 saturated heterocycles. The second kappa shape index (κ2) is 9.57. The highest BCUT2D eigenvalue weighted by molar-refractivity contribution is 8.16. The van der Waals surface area contributed by atoms with Crippen LogP contribution in [0.1, 0.15) is 31.0 Å². The Kier molecular flexibility index (Phi) is 6.79. The van der Waals surface area contributed by atoms with Gasteiger partial charge in [-0.05, 0) is 54.6 Å². The molecule has 0 fully saturated rings. The van der Waals surface area contributed by atoms with Crippen LogP contribution in [-0.4, -0.2) is 22.6 Å². The van der Waals surface area contributed by atoms with E-state index < -0.39 is 12.0 Å². The molecule has 0 amide bonds. The van der Waals surface area contributed by atoms with E-state index in [0.29, 0.717) is 32.6 Å². The highest BCUT2D eigenvalue weighted by Crippen LogP contribution is 2.44. The van der Waals surface area contributed by atoms with Gasteiger partial charge in [0.15, 0.2) is 10.9 Å². The van der Waals surface area contributed by atoms with E-state index in [2.05, 4.69) is 4.99 Å². The molecule has 0 N–H and O–H groups in total. The van der Waals surface area contributed by atoms with Crippen LogP contribution >= 0.6 is 35.0 Å². The second-order valence-electron chi connectivity index (χ2n) is 7.06. The summed E-state index contributed by atoms with van der Waals surface area (Å²) in [6, 6.07) is 8.94. The first-order chi connectivity index (χ1) is 15.4. The van der Waals surface area contributed by atoms with Crippen LogP contribution in [0.3, 0.4) is 0 Å². The summed E-state index contributed by atoms with van der Waals surface area (Å²) in [5.41, 5.74) is 2.49. The number of carbonyl (C=O) groups excluding carboxylic acids is 1. The van der Waals surface area contributed by atoms with Gasteiger partial charge in [0.1, 0.15) is 12.4 Å². The molecule has 0 aliphatic carbocycles.